The second-order valence-corrected chi connectivity index (χ2v) is 40.5. The molecule has 0 spiro atoms. The molecule has 3 aromatic heterocycles. The minimum atomic E-state index is -0.910. The molecule has 9 aliphatic rings. The van der Waals surface area contributed by atoms with E-state index in [-0.39, 0.29) is 123 Å². The van der Waals surface area contributed by atoms with E-state index in [0.29, 0.717) is 102 Å². The van der Waals surface area contributed by atoms with Gasteiger partial charge in [-0.05, 0) is 220 Å². The summed E-state index contributed by atoms with van der Waals surface area (Å²) in [6.45, 7) is 34.5. The topological polar surface area (TPSA) is 360 Å². The van der Waals surface area contributed by atoms with Gasteiger partial charge in [0.2, 0.25) is 35.4 Å². The Balaban J connectivity index is 0.000000203. The van der Waals surface area contributed by atoms with Gasteiger partial charge in [0.1, 0.15) is 88.1 Å². The maximum absolute atomic E-state index is 14.1. The van der Waals surface area contributed by atoms with Crippen LogP contribution in [-0.4, -0.2) is 211 Å². The summed E-state index contributed by atoms with van der Waals surface area (Å²) in [6.07, 6.45) is 22.9. The summed E-state index contributed by atoms with van der Waals surface area (Å²) in [5, 5.41) is 8.57. The van der Waals surface area contributed by atoms with Crippen LogP contribution in [0.1, 0.15) is 257 Å². The first kappa shape index (κ1) is 106. The van der Waals surface area contributed by atoms with Gasteiger partial charge in [0.05, 0.1) is 72.6 Å². The van der Waals surface area contributed by atoms with E-state index in [4.69, 9.17) is 72.5 Å². The maximum atomic E-state index is 14.1. The summed E-state index contributed by atoms with van der Waals surface area (Å²) >= 11 is 0. The monoisotopic (exact) mass is 1930 g/mol. The normalized spacial score (nSPS) is 29.3. The third-order valence-electron chi connectivity index (χ3n) is 27.8. The average Bonchev–Trinajstić information content (AvgIpc) is 1.63. The number of alkyl carbamates (subject to hydrolysis) is 3. The summed E-state index contributed by atoms with van der Waals surface area (Å²) in [4.78, 5) is 152. The zero-order valence-corrected chi connectivity index (χ0v) is 84.1. The minimum Gasteiger partial charge on any atom is -0.540 e. The Labute approximate surface area is 813 Å². The number of aryl methyl sites for hydroxylation is 3. The molecule has 6 aromatic rings. The van der Waals surface area contributed by atoms with Crippen molar-refractivity contribution in [1.82, 2.24) is 60.6 Å². The number of carbonyl (C=O) groups is 6. The summed E-state index contributed by atoms with van der Waals surface area (Å²) < 4.78 is 54.5. The Morgan fingerprint density at radius 3 is 1.08 bits per heavy atom. The van der Waals surface area contributed by atoms with E-state index < -0.39 is 100 Å². The Bertz CT molecular complexity index is 5030. The molecule has 3 aliphatic carbocycles. The van der Waals surface area contributed by atoms with Crippen molar-refractivity contribution in [3.8, 4) is 34.9 Å². The smallest absolute Gasteiger partial charge is 0.408 e. The second-order valence-electron chi connectivity index (χ2n) is 40.5. The van der Waals surface area contributed by atoms with Crippen LogP contribution >= 0.6 is 0 Å². The molecule has 717 valence electrons. The minimum absolute atomic E-state index is 0. The van der Waals surface area contributed by atoms with Crippen LogP contribution in [0.3, 0.4) is 0 Å². The molecule has 33 heteroatoms. The Hall–Kier alpha value is -8.54. The Morgan fingerprint density at radius 1 is 0.394 bits per heavy atom. The average molecular weight is 1930 g/mol. The van der Waals surface area contributed by atoms with E-state index in [1.807, 2.05) is 172 Å². The first-order chi connectivity index (χ1) is 61.4. The number of benzene rings is 3. The van der Waals surface area contributed by atoms with Crippen molar-refractivity contribution in [3.63, 3.8) is 0 Å². The van der Waals surface area contributed by atoms with Crippen LogP contribution < -0.4 is 44.4 Å². The molecule has 18 atom stereocenters. The molecule has 6 bridgehead atoms. The first-order valence-corrected chi connectivity index (χ1v) is 47.3. The SMILES string of the molecule is CCOc1ccc2nc3c(nc2c1)O[C@H]1CN(C(=O)[C@H](C(C)(C)C)NC(=O)O[C@@H]2CCC[C@H]2CCCCC3)[C@H]([C-]=O)[C@@H]1C.CCOc1ccc2nc3c(nc2c1)O[C@H]1CN(C(=O)[C@H](C(C)(C)C)NC(=O)O[C@]2(C)CCC[C@H]2CCCCC3)[C@H]([C-]=O)[C@@H]1C.CCOc1ccc2nc3c(nc2c1)O[C@H]1CN(C(=O)[C@H](C(C)(C)C)NC(=O)O[C@]2(C)C[C@H]2CCCCC3)[C@H]([C-]=O)[C@@H]1C.[V].[V].[V]. The number of nitrogens with one attached hydrogen (secondary N) is 3. The van der Waals surface area contributed by atoms with Gasteiger partial charge in [0.15, 0.2) is 0 Å². The van der Waals surface area contributed by atoms with Crippen molar-refractivity contribution in [2.45, 2.75) is 331 Å². The van der Waals surface area contributed by atoms with E-state index in [1.165, 1.54) is 14.7 Å². The number of carbonyl (C=O) groups excluding carboxylic acids is 9. The summed E-state index contributed by atoms with van der Waals surface area (Å²) in [7, 11) is 0. The fourth-order valence-electron chi connectivity index (χ4n) is 19.9. The molecule has 3 aromatic carbocycles. The van der Waals surface area contributed by atoms with Crippen molar-refractivity contribution < 1.29 is 141 Å². The van der Waals surface area contributed by atoms with Crippen LogP contribution in [0.25, 0.3) is 33.1 Å². The summed E-state index contributed by atoms with van der Waals surface area (Å²) in [5.74, 6) is 2.07. The number of nitrogens with zero attached hydrogens (tertiary/aromatic N) is 9. The van der Waals surface area contributed by atoms with Crippen molar-refractivity contribution in [2.75, 3.05) is 39.5 Å². The standard InChI is InChI=1S/C34H47N4O6.C33H45N4O6.C32H43N4O6.3V/c1-7-42-23-15-16-24-26(18-23)36-30-25(35-24)14-10-8-9-12-22-13-11-17-34(22,6)44-32(41)37-29(33(3,4)5)31(40)38-19-28(43-30)21(2)27(38)20-39;1-6-41-22-15-16-23-25(17-22)35-30-24(34-23)13-9-7-8-11-21-12-10-14-27(21)43-32(40)36-29(33(3,4)5)31(39)37-18-28(42-30)20(2)26(37)19-38;1-7-40-21-13-14-22-24(15-21)34-28-23(33-22)12-10-8-9-11-20-16-32(20,6)42-30(39)35-27(31(3,4)5)29(38)36-17-26(41-28)19(2)25(36)18-37;;;/h15-16,18,21-22,27-29H,7-14,17,19H2,1-6H3,(H,37,41);15-17,20-21,26-29H,6-14,18H2,1-5H3,(H,36,40);13-15,19-20,25-27H,7-12,16-17H2,1-6H3,(H,35,39);;;/q3*-1;;;/t21-,22+,27+,28-,29+,34+;20-,21+,26+,27+,28-,29+;19-,20+,25+,26-,27+,32+;;;/m000.../s1. The number of ether oxygens (including phenoxy) is 9. The number of hydrogen-bond acceptors (Lipinski definition) is 24. The molecule has 0 unspecified atom stereocenters. The number of hydrogen-bond donors (Lipinski definition) is 3. The van der Waals surface area contributed by atoms with Gasteiger partial charge in [0, 0.05) is 79.8 Å². The van der Waals surface area contributed by atoms with Gasteiger partial charge in [-0.15, -0.1) is 0 Å². The molecule has 3 N–H and O–H groups in total. The van der Waals surface area contributed by atoms with E-state index in [9.17, 15) is 43.2 Å². The van der Waals surface area contributed by atoms with Crippen LogP contribution in [0.4, 0.5) is 14.4 Å². The molecule has 9 heterocycles. The van der Waals surface area contributed by atoms with E-state index >= 15 is 0 Å². The number of rotatable bonds is 9. The van der Waals surface area contributed by atoms with Gasteiger partial charge in [-0.25, -0.2) is 63.1 Å². The fraction of sp³-hybridized carbons (Fsp3) is 0.667. The van der Waals surface area contributed by atoms with E-state index in [2.05, 4.69) is 34.8 Å². The van der Waals surface area contributed by atoms with Gasteiger partial charge in [-0.1, -0.05) is 140 Å². The van der Waals surface area contributed by atoms with Crippen molar-refractivity contribution in [3.05, 3.63) is 71.7 Å². The fourth-order valence-corrected chi connectivity index (χ4v) is 19.9. The zero-order valence-electron chi connectivity index (χ0n) is 79.9. The molecule has 6 amide bonds. The Morgan fingerprint density at radius 2 is 0.727 bits per heavy atom. The number of aromatic nitrogens is 6. The van der Waals surface area contributed by atoms with Crippen LogP contribution in [0.5, 0.6) is 34.9 Å². The molecule has 3 saturated carbocycles. The van der Waals surface area contributed by atoms with Crippen LogP contribution in [0.15, 0.2) is 54.6 Å². The van der Waals surface area contributed by atoms with Crippen LogP contribution in [0, 0.1) is 51.8 Å². The third kappa shape index (κ3) is 25.0. The third-order valence-corrected chi connectivity index (χ3v) is 27.8. The first-order valence-electron chi connectivity index (χ1n) is 47.3. The largest absolute Gasteiger partial charge is 0.540 e. The van der Waals surface area contributed by atoms with Gasteiger partial charge >= 0.3 is 18.3 Å². The van der Waals surface area contributed by atoms with Crippen LogP contribution in [0.2, 0.25) is 0 Å². The molecule has 6 fully saturated rings. The predicted octanol–water partition coefficient (Wildman–Crippen LogP) is 15.5. The second kappa shape index (κ2) is 45.4. The van der Waals surface area contributed by atoms with Gasteiger partial charge in [-0.2, -0.15) is 0 Å². The molecule has 15 rings (SSSR count). The molecule has 3 radical (unpaired) electrons. The van der Waals surface area contributed by atoms with Gasteiger partial charge in [0.25, 0.3) is 0 Å². The van der Waals surface area contributed by atoms with Crippen molar-refractivity contribution >= 4 is 88.0 Å². The quantitative estimate of drug-likeness (QED) is 0.0894. The predicted molar refractivity (Wildman–Crippen MR) is 485 cm³/mol. The summed E-state index contributed by atoms with van der Waals surface area (Å²) in [6, 6.07) is 11.8. The summed E-state index contributed by atoms with van der Waals surface area (Å²) in [5.41, 5.74) is 3.53. The van der Waals surface area contributed by atoms with Crippen molar-refractivity contribution in [1.29, 1.82) is 0 Å². The molecule has 30 nitrogen and oxygen atoms in total. The Kier molecular flexibility index (Phi) is 36.3. The van der Waals surface area contributed by atoms with E-state index in [1.54, 1.807) is 0 Å². The molecular formula is C99H135N12O18V3-3. The molecule has 3 saturated heterocycles. The van der Waals surface area contributed by atoms with Gasteiger partial charge < -0.3 is 87.7 Å². The molecular weight excluding hydrogens is 1800 g/mol. The van der Waals surface area contributed by atoms with E-state index in [0.717, 1.165) is 156 Å². The zero-order chi connectivity index (χ0) is 92.6. The number of fused-ring (bicyclic) bond motifs is 15. The number of amides is 6. The van der Waals surface area contributed by atoms with Crippen LogP contribution in [-0.2, 0) is 118 Å². The van der Waals surface area contributed by atoms with Gasteiger partial charge in [-0.3, -0.25) is 14.4 Å². The van der Waals surface area contributed by atoms with Crippen molar-refractivity contribution in [2.24, 2.45) is 51.8 Å². The molecule has 132 heavy (non-hydrogen) atoms. The molecule has 6 aliphatic heterocycles. The maximum Gasteiger partial charge on any atom is 0.408 e.